The van der Waals surface area contributed by atoms with Crippen molar-refractivity contribution in [2.24, 2.45) is 22.5 Å². The van der Waals surface area contributed by atoms with E-state index in [0.29, 0.717) is 25.9 Å². The average molecular weight is 438 g/mol. The minimum atomic E-state index is -0.817. The van der Waals surface area contributed by atoms with Crippen LogP contribution in [0.3, 0.4) is 0 Å². The van der Waals surface area contributed by atoms with Crippen LogP contribution in [-0.2, 0) is 14.4 Å². The van der Waals surface area contributed by atoms with Gasteiger partial charge in [0.15, 0.2) is 0 Å². The second-order valence-corrected chi connectivity index (χ2v) is 10.5. The Morgan fingerprint density at radius 3 is 1.94 bits per heavy atom. The molecule has 2 rings (SSSR count). The lowest BCUT2D eigenvalue weighted by Gasteiger charge is -2.37. The van der Waals surface area contributed by atoms with Crippen LogP contribution in [-0.4, -0.2) is 42.0 Å². The summed E-state index contributed by atoms with van der Waals surface area (Å²) < 4.78 is 0. The van der Waals surface area contributed by atoms with Crippen molar-refractivity contribution in [1.82, 2.24) is 10.6 Å². The van der Waals surface area contributed by atoms with Gasteiger partial charge in [0.25, 0.3) is 0 Å². The predicted molar refractivity (Wildman–Crippen MR) is 121 cm³/mol. The fourth-order valence-corrected chi connectivity index (χ4v) is 5.48. The van der Waals surface area contributed by atoms with E-state index in [4.69, 9.17) is 5.73 Å². The van der Waals surface area contributed by atoms with Crippen molar-refractivity contribution in [2.75, 3.05) is 13.1 Å². The third kappa shape index (κ3) is 8.09. The van der Waals surface area contributed by atoms with Crippen molar-refractivity contribution >= 4 is 17.8 Å². The largest absolute Gasteiger partial charge is 0.481 e. The number of nitrogens with one attached hydrogen (secondary N) is 2. The molecule has 0 aromatic heterocycles. The van der Waals surface area contributed by atoms with Crippen LogP contribution in [0.15, 0.2) is 0 Å². The molecule has 2 fully saturated rings. The standard InChI is InChI=1S/C24H43N3O4/c1-18(2)13-19(27-20(28)14-23(16-25)9-5-3-6-10-23)22(31)26-17-24(15-21(29)30)11-7-4-8-12-24/h18-19H,3-17,25H2,1-2H3,(H,26,31)(H,27,28)(H,29,30). The zero-order valence-corrected chi connectivity index (χ0v) is 19.5. The van der Waals surface area contributed by atoms with E-state index in [-0.39, 0.29) is 35.0 Å². The molecule has 0 saturated heterocycles. The lowest BCUT2D eigenvalue weighted by Crippen LogP contribution is -2.51. The molecule has 5 N–H and O–H groups in total. The van der Waals surface area contributed by atoms with E-state index in [1.54, 1.807) is 0 Å². The van der Waals surface area contributed by atoms with Gasteiger partial charge in [-0.2, -0.15) is 0 Å². The Balaban J connectivity index is 1.99. The van der Waals surface area contributed by atoms with E-state index in [9.17, 15) is 19.5 Å². The van der Waals surface area contributed by atoms with Crippen molar-refractivity contribution in [3.63, 3.8) is 0 Å². The summed E-state index contributed by atoms with van der Waals surface area (Å²) in [6.07, 6.45) is 11.1. The third-order valence-electron chi connectivity index (χ3n) is 7.32. The molecule has 178 valence electrons. The molecule has 0 spiro atoms. The SMILES string of the molecule is CC(C)CC(NC(=O)CC1(CN)CCCCC1)C(=O)NCC1(CC(=O)O)CCCCC1. The van der Waals surface area contributed by atoms with Gasteiger partial charge < -0.3 is 21.5 Å². The molecule has 2 aliphatic rings. The minimum absolute atomic E-state index is 0.0769. The van der Waals surface area contributed by atoms with Gasteiger partial charge in [-0.15, -0.1) is 0 Å². The van der Waals surface area contributed by atoms with Crippen LogP contribution in [0.2, 0.25) is 0 Å². The van der Waals surface area contributed by atoms with Gasteiger partial charge in [-0.05, 0) is 55.4 Å². The highest BCUT2D eigenvalue weighted by Crippen LogP contribution is 2.39. The maximum absolute atomic E-state index is 13.0. The number of carbonyl (C=O) groups is 3. The highest BCUT2D eigenvalue weighted by molar-refractivity contribution is 5.88. The Kier molecular flexibility index (Phi) is 9.79. The molecule has 0 bridgehead atoms. The van der Waals surface area contributed by atoms with Crippen LogP contribution in [0, 0.1) is 16.7 Å². The number of hydrogen-bond acceptors (Lipinski definition) is 4. The van der Waals surface area contributed by atoms with E-state index in [1.807, 2.05) is 13.8 Å². The molecule has 1 unspecified atom stereocenters. The first-order chi connectivity index (χ1) is 14.7. The molecule has 0 aromatic carbocycles. The van der Waals surface area contributed by atoms with Gasteiger partial charge in [0.1, 0.15) is 6.04 Å². The highest BCUT2D eigenvalue weighted by Gasteiger charge is 2.37. The fraction of sp³-hybridized carbons (Fsp3) is 0.875. The number of nitrogens with two attached hydrogens (primary N) is 1. The van der Waals surface area contributed by atoms with Gasteiger partial charge in [0.05, 0.1) is 6.42 Å². The number of carbonyl (C=O) groups excluding carboxylic acids is 2. The van der Waals surface area contributed by atoms with Crippen LogP contribution in [0.1, 0.15) is 97.3 Å². The molecular weight excluding hydrogens is 394 g/mol. The number of carboxylic acid groups (broad SMARTS) is 1. The van der Waals surface area contributed by atoms with Crippen LogP contribution >= 0.6 is 0 Å². The summed E-state index contributed by atoms with van der Waals surface area (Å²) in [5, 5.41) is 15.3. The molecule has 0 heterocycles. The zero-order valence-electron chi connectivity index (χ0n) is 19.5. The summed E-state index contributed by atoms with van der Waals surface area (Å²) in [4.78, 5) is 37.3. The summed E-state index contributed by atoms with van der Waals surface area (Å²) in [6.45, 7) is 4.92. The van der Waals surface area contributed by atoms with E-state index < -0.39 is 12.0 Å². The number of carboxylic acids is 1. The highest BCUT2D eigenvalue weighted by atomic mass is 16.4. The smallest absolute Gasteiger partial charge is 0.303 e. The zero-order chi connectivity index (χ0) is 22.9. The molecule has 1 atom stereocenters. The number of amides is 2. The second kappa shape index (κ2) is 11.8. The topological polar surface area (TPSA) is 122 Å². The van der Waals surface area contributed by atoms with Gasteiger partial charge >= 0.3 is 5.97 Å². The van der Waals surface area contributed by atoms with Crippen LogP contribution in [0.5, 0.6) is 0 Å². The van der Waals surface area contributed by atoms with Crippen LogP contribution in [0.4, 0.5) is 0 Å². The summed E-state index contributed by atoms with van der Waals surface area (Å²) in [7, 11) is 0. The lowest BCUT2D eigenvalue weighted by molar-refractivity contribution is -0.141. The summed E-state index contributed by atoms with van der Waals surface area (Å²) in [5.74, 6) is -0.881. The first-order valence-corrected chi connectivity index (χ1v) is 12.2. The van der Waals surface area contributed by atoms with E-state index in [2.05, 4.69) is 10.6 Å². The Bertz CT molecular complexity index is 608. The molecular formula is C24H43N3O4. The van der Waals surface area contributed by atoms with Gasteiger partial charge in [0.2, 0.25) is 11.8 Å². The summed E-state index contributed by atoms with van der Waals surface area (Å²) in [5.41, 5.74) is 5.51. The second-order valence-electron chi connectivity index (χ2n) is 10.5. The van der Waals surface area contributed by atoms with Crippen molar-refractivity contribution in [2.45, 2.75) is 103 Å². The van der Waals surface area contributed by atoms with Crippen molar-refractivity contribution in [3.8, 4) is 0 Å². The Labute approximate surface area is 187 Å². The lowest BCUT2D eigenvalue weighted by atomic mass is 9.71. The molecule has 0 radical (unpaired) electrons. The average Bonchev–Trinajstić information content (AvgIpc) is 2.72. The maximum Gasteiger partial charge on any atom is 0.303 e. The van der Waals surface area contributed by atoms with E-state index >= 15 is 0 Å². The Morgan fingerprint density at radius 1 is 0.903 bits per heavy atom. The molecule has 2 aliphatic carbocycles. The Morgan fingerprint density at radius 2 is 1.45 bits per heavy atom. The van der Waals surface area contributed by atoms with Gasteiger partial charge in [-0.25, -0.2) is 0 Å². The molecule has 2 amide bonds. The van der Waals surface area contributed by atoms with Crippen molar-refractivity contribution < 1.29 is 19.5 Å². The van der Waals surface area contributed by atoms with Gasteiger partial charge in [-0.3, -0.25) is 14.4 Å². The van der Waals surface area contributed by atoms with Gasteiger partial charge in [0, 0.05) is 13.0 Å². The molecule has 0 aromatic rings. The third-order valence-corrected chi connectivity index (χ3v) is 7.32. The quantitative estimate of drug-likeness (QED) is 0.395. The minimum Gasteiger partial charge on any atom is -0.481 e. The van der Waals surface area contributed by atoms with E-state index in [1.165, 1.54) is 6.42 Å². The van der Waals surface area contributed by atoms with Crippen LogP contribution < -0.4 is 16.4 Å². The summed E-state index contributed by atoms with van der Waals surface area (Å²) in [6, 6.07) is -0.601. The predicted octanol–water partition coefficient (Wildman–Crippen LogP) is 3.36. The fourth-order valence-electron chi connectivity index (χ4n) is 5.48. The first kappa shape index (κ1) is 25.6. The molecule has 31 heavy (non-hydrogen) atoms. The molecule has 2 saturated carbocycles. The Hall–Kier alpha value is -1.63. The maximum atomic E-state index is 13.0. The number of rotatable bonds is 11. The number of aliphatic carboxylic acids is 1. The molecule has 0 aliphatic heterocycles. The first-order valence-electron chi connectivity index (χ1n) is 12.2. The molecule has 7 nitrogen and oxygen atoms in total. The molecule has 7 heteroatoms. The normalized spacial score (nSPS) is 21.3. The van der Waals surface area contributed by atoms with Gasteiger partial charge in [-0.1, -0.05) is 52.4 Å². The van der Waals surface area contributed by atoms with Crippen LogP contribution in [0.25, 0.3) is 0 Å². The van der Waals surface area contributed by atoms with Crippen molar-refractivity contribution in [1.29, 1.82) is 0 Å². The summed E-state index contributed by atoms with van der Waals surface area (Å²) >= 11 is 0. The monoisotopic (exact) mass is 437 g/mol. The number of hydrogen-bond donors (Lipinski definition) is 4. The van der Waals surface area contributed by atoms with Crippen molar-refractivity contribution in [3.05, 3.63) is 0 Å². The van der Waals surface area contributed by atoms with E-state index in [0.717, 1.165) is 57.8 Å².